The third kappa shape index (κ3) is 8.64. The molecule has 0 rings (SSSR count). The van der Waals surface area contributed by atoms with Gasteiger partial charge in [-0.25, -0.2) is 0 Å². The zero-order chi connectivity index (χ0) is 11.5. The maximum Gasteiger partial charge on any atom is 0.0543 e. The van der Waals surface area contributed by atoms with Crippen molar-refractivity contribution in [2.45, 2.75) is 58.1 Å². The van der Waals surface area contributed by atoms with Crippen molar-refractivity contribution >= 4 is 0 Å². The summed E-state index contributed by atoms with van der Waals surface area (Å²) in [6.45, 7) is 9.22. The molecule has 0 aliphatic carbocycles. The minimum absolute atomic E-state index is 0.375. The van der Waals surface area contributed by atoms with Crippen LogP contribution in [-0.2, 0) is 4.74 Å². The van der Waals surface area contributed by atoms with Crippen LogP contribution in [0.5, 0.6) is 0 Å². The highest BCUT2D eigenvalue weighted by Gasteiger charge is 2.08. The van der Waals surface area contributed by atoms with Gasteiger partial charge in [0.2, 0.25) is 0 Å². The Kier molecular flexibility index (Phi) is 9.96. The molecule has 2 heteroatoms. The Hall–Kier alpha value is -0.340. The summed E-state index contributed by atoms with van der Waals surface area (Å²) in [6, 6.07) is 0.626. The van der Waals surface area contributed by atoms with Crippen LogP contribution in [0.4, 0.5) is 0 Å². The van der Waals surface area contributed by atoms with Gasteiger partial charge in [0.1, 0.15) is 0 Å². The highest BCUT2D eigenvalue weighted by Crippen LogP contribution is 2.09. The van der Waals surface area contributed by atoms with Crippen molar-refractivity contribution in [1.29, 1.82) is 0 Å². The summed E-state index contributed by atoms with van der Waals surface area (Å²) in [6.07, 6.45) is 8.20. The normalized spacial score (nSPS) is 14.9. The summed E-state index contributed by atoms with van der Waals surface area (Å²) in [5.41, 5.74) is 0. The molecule has 0 aromatic carbocycles. The van der Waals surface area contributed by atoms with Crippen LogP contribution in [0.2, 0.25) is 0 Å². The van der Waals surface area contributed by atoms with E-state index in [2.05, 4.69) is 25.7 Å². The molecule has 15 heavy (non-hydrogen) atoms. The first-order valence-corrected chi connectivity index (χ1v) is 6.11. The number of methoxy groups -OCH3 is 1. The van der Waals surface area contributed by atoms with E-state index in [4.69, 9.17) is 4.74 Å². The van der Waals surface area contributed by atoms with Crippen LogP contribution in [0.25, 0.3) is 0 Å². The maximum absolute atomic E-state index is 5.26. The molecule has 0 aliphatic heterocycles. The molecule has 0 spiro atoms. The van der Waals surface area contributed by atoms with Gasteiger partial charge in [0.25, 0.3) is 0 Å². The monoisotopic (exact) mass is 213 g/mol. The third-order valence-corrected chi connectivity index (χ3v) is 2.73. The molecule has 0 radical (unpaired) electrons. The van der Waals surface area contributed by atoms with Crippen molar-refractivity contribution in [1.82, 2.24) is 5.32 Å². The SMILES string of the molecule is C=CCCC(CCC(C)OC)NCCC. The molecule has 0 aliphatic rings. The van der Waals surface area contributed by atoms with E-state index in [1.807, 2.05) is 6.08 Å². The fraction of sp³-hybridized carbons (Fsp3) is 0.846. The molecule has 0 fully saturated rings. The van der Waals surface area contributed by atoms with Crippen molar-refractivity contribution in [3.8, 4) is 0 Å². The molecule has 0 bridgehead atoms. The standard InChI is InChI=1S/C13H27NO/c1-5-7-8-13(14-11-6-2)10-9-12(3)15-4/h5,12-14H,1,6-11H2,2-4H3. The minimum atomic E-state index is 0.375. The quantitative estimate of drug-likeness (QED) is 0.563. The second-order valence-electron chi connectivity index (χ2n) is 4.14. The lowest BCUT2D eigenvalue weighted by atomic mass is 10.0. The molecular formula is C13H27NO. The Labute approximate surface area is 95.1 Å². The molecule has 0 saturated carbocycles. The van der Waals surface area contributed by atoms with Gasteiger partial charge in [0, 0.05) is 13.2 Å². The van der Waals surface area contributed by atoms with E-state index in [-0.39, 0.29) is 0 Å². The van der Waals surface area contributed by atoms with E-state index in [9.17, 15) is 0 Å². The third-order valence-electron chi connectivity index (χ3n) is 2.73. The first kappa shape index (κ1) is 14.7. The number of nitrogens with one attached hydrogen (secondary N) is 1. The van der Waals surface area contributed by atoms with E-state index in [1.54, 1.807) is 7.11 Å². The van der Waals surface area contributed by atoms with Crippen molar-refractivity contribution < 1.29 is 4.74 Å². The predicted molar refractivity (Wildman–Crippen MR) is 67.2 cm³/mol. The van der Waals surface area contributed by atoms with Crippen molar-refractivity contribution in [2.75, 3.05) is 13.7 Å². The first-order chi connectivity index (χ1) is 7.24. The Morgan fingerprint density at radius 3 is 2.60 bits per heavy atom. The van der Waals surface area contributed by atoms with Crippen LogP contribution in [0.3, 0.4) is 0 Å². The fourth-order valence-corrected chi connectivity index (χ4v) is 1.57. The summed E-state index contributed by atoms with van der Waals surface area (Å²) >= 11 is 0. The van der Waals surface area contributed by atoms with Gasteiger partial charge < -0.3 is 10.1 Å². The number of rotatable bonds is 10. The molecule has 2 atom stereocenters. The van der Waals surface area contributed by atoms with Gasteiger partial charge in [-0.2, -0.15) is 0 Å². The van der Waals surface area contributed by atoms with Crippen LogP contribution in [0.1, 0.15) is 46.0 Å². The molecule has 2 nitrogen and oxygen atoms in total. The molecular weight excluding hydrogens is 186 g/mol. The van der Waals surface area contributed by atoms with Gasteiger partial charge in [0.15, 0.2) is 0 Å². The van der Waals surface area contributed by atoms with Crippen molar-refractivity contribution in [3.05, 3.63) is 12.7 Å². The number of hydrogen-bond donors (Lipinski definition) is 1. The molecule has 1 N–H and O–H groups in total. The topological polar surface area (TPSA) is 21.3 Å². The second kappa shape index (κ2) is 10.2. The molecule has 0 saturated heterocycles. The Bertz CT molecular complexity index is 147. The first-order valence-electron chi connectivity index (χ1n) is 6.11. The van der Waals surface area contributed by atoms with Crippen LogP contribution >= 0.6 is 0 Å². The average molecular weight is 213 g/mol. The lowest BCUT2D eigenvalue weighted by Crippen LogP contribution is -2.30. The van der Waals surface area contributed by atoms with E-state index >= 15 is 0 Å². The second-order valence-corrected chi connectivity index (χ2v) is 4.14. The molecule has 0 aromatic heterocycles. The summed E-state index contributed by atoms with van der Waals surface area (Å²) in [7, 11) is 1.78. The number of hydrogen-bond acceptors (Lipinski definition) is 2. The van der Waals surface area contributed by atoms with Gasteiger partial charge in [-0.05, 0) is 45.6 Å². The van der Waals surface area contributed by atoms with E-state index in [0.717, 1.165) is 19.4 Å². The maximum atomic E-state index is 5.26. The van der Waals surface area contributed by atoms with Gasteiger partial charge in [-0.1, -0.05) is 13.0 Å². The van der Waals surface area contributed by atoms with Gasteiger partial charge in [0.05, 0.1) is 6.10 Å². The van der Waals surface area contributed by atoms with Crippen LogP contribution in [0.15, 0.2) is 12.7 Å². The zero-order valence-electron chi connectivity index (χ0n) is 10.6. The molecule has 0 aromatic rings. The molecule has 2 unspecified atom stereocenters. The summed E-state index contributed by atoms with van der Waals surface area (Å²) in [4.78, 5) is 0. The van der Waals surface area contributed by atoms with Crippen LogP contribution < -0.4 is 5.32 Å². The summed E-state index contributed by atoms with van der Waals surface area (Å²) in [5.74, 6) is 0. The van der Waals surface area contributed by atoms with E-state index < -0.39 is 0 Å². The largest absolute Gasteiger partial charge is 0.382 e. The van der Waals surface area contributed by atoms with Gasteiger partial charge >= 0.3 is 0 Å². The van der Waals surface area contributed by atoms with Crippen LogP contribution in [0, 0.1) is 0 Å². The lowest BCUT2D eigenvalue weighted by molar-refractivity contribution is 0.105. The Morgan fingerprint density at radius 1 is 1.33 bits per heavy atom. The summed E-state index contributed by atoms with van der Waals surface area (Å²) in [5, 5.41) is 3.58. The van der Waals surface area contributed by atoms with E-state index in [1.165, 1.54) is 19.3 Å². The fourth-order valence-electron chi connectivity index (χ4n) is 1.57. The predicted octanol–water partition coefficient (Wildman–Crippen LogP) is 3.14. The highest BCUT2D eigenvalue weighted by atomic mass is 16.5. The van der Waals surface area contributed by atoms with E-state index in [0.29, 0.717) is 12.1 Å². The zero-order valence-corrected chi connectivity index (χ0v) is 10.6. The number of ether oxygens (including phenoxy) is 1. The average Bonchev–Trinajstić information content (AvgIpc) is 2.27. The van der Waals surface area contributed by atoms with Crippen LogP contribution in [-0.4, -0.2) is 25.8 Å². The molecule has 0 heterocycles. The summed E-state index contributed by atoms with van der Waals surface area (Å²) < 4.78 is 5.26. The molecule has 0 amide bonds. The van der Waals surface area contributed by atoms with Gasteiger partial charge in [-0.15, -0.1) is 6.58 Å². The van der Waals surface area contributed by atoms with Crippen molar-refractivity contribution in [3.63, 3.8) is 0 Å². The minimum Gasteiger partial charge on any atom is -0.382 e. The van der Waals surface area contributed by atoms with Gasteiger partial charge in [-0.3, -0.25) is 0 Å². The Balaban J connectivity index is 3.72. The smallest absolute Gasteiger partial charge is 0.0543 e. The highest BCUT2D eigenvalue weighted by molar-refractivity contribution is 4.74. The Morgan fingerprint density at radius 2 is 2.07 bits per heavy atom. The van der Waals surface area contributed by atoms with Crippen molar-refractivity contribution in [2.24, 2.45) is 0 Å². The molecule has 90 valence electrons. The lowest BCUT2D eigenvalue weighted by Gasteiger charge is -2.19. The number of allylic oxidation sites excluding steroid dienone is 1.